The summed E-state index contributed by atoms with van der Waals surface area (Å²) in [5, 5.41) is 3.22. The Morgan fingerprint density at radius 3 is 2.52 bits per heavy atom. The summed E-state index contributed by atoms with van der Waals surface area (Å²) >= 11 is 0. The first-order valence-electron chi connectivity index (χ1n) is 11.1. The number of nitrogens with zero attached hydrogens (tertiary/aromatic N) is 1. The number of carbonyl (C=O) groups excluding carboxylic acids is 1. The van der Waals surface area contributed by atoms with Crippen molar-refractivity contribution in [2.75, 3.05) is 13.1 Å². The fraction of sp³-hybridized carbons (Fsp3) is 0.480. The van der Waals surface area contributed by atoms with Gasteiger partial charge in [-0.3, -0.25) is 4.79 Å². The van der Waals surface area contributed by atoms with Crippen molar-refractivity contribution >= 4 is 15.9 Å². The van der Waals surface area contributed by atoms with E-state index in [0.29, 0.717) is 30.8 Å². The molecule has 1 aliphatic carbocycles. The highest BCUT2D eigenvalue weighted by molar-refractivity contribution is 7.89. The Balaban J connectivity index is 1.65. The maximum absolute atomic E-state index is 13.1. The largest absolute Gasteiger partial charge is 0.349 e. The molecule has 1 saturated heterocycles. The van der Waals surface area contributed by atoms with Crippen LogP contribution in [0.4, 0.5) is 0 Å². The highest BCUT2D eigenvalue weighted by Crippen LogP contribution is 2.29. The van der Waals surface area contributed by atoms with E-state index in [-0.39, 0.29) is 17.9 Å². The third-order valence-corrected chi connectivity index (χ3v) is 8.43. The molecule has 0 spiro atoms. The number of aryl methyl sites for hydroxylation is 2. The lowest BCUT2D eigenvalue weighted by Crippen LogP contribution is -2.46. The molecule has 6 heteroatoms. The van der Waals surface area contributed by atoms with E-state index in [1.54, 1.807) is 6.07 Å². The van der Waals surface area contributed by atoms with Crippen molar-refractivity contribution < 1.29 is 13.2 Å². The molecule has 1 fully saturated rings. The lowest BCUT2D eigenvalue weighted by atomic mass is 9.86. The Hall–Kier alpha value is -2.18. The maximum Gasteiger partial charge on any atom is 0.243 e. The quantitative estimate of drug-likeness (QED) is 0.709. The zero-order valence-corrected chi connectivity index (χ0v) is 19.7. The minimum atomic E-state index is -3.54. The van der Waals surface area contributed by atoms with Crippen LogP contribution in [-0.4, -0.2) is 37.8 Å². The Morgan fingerprint density at radius 1 is 1.19 bits per heavy atom. The van der Waals surface area contributed by atoms with Crippen LogP contribution in [-0.2, 0) is 14.8 Å². The maximum atomic E-state index is 13.1. The number of hydrogen-bond acceptors (Lipinski definition) is 3. The van der Waals surface area contributed by atoms with E-state index in [1.807, 2.05) is 45.1 Å². The second-order valence-corrected chi connectivity index (χ2v) is 10.5. The van der Waals surface area contributed by atoms with E-state index in [1.165, 1.54) is 9.88 Å². The molecule has 168 valence electrons. The molecule has 0 radical (unpaired) electrons. The van der Waals surface area contributed by atoms with Gasteiger partial charge in [-0.15, -0.1) is 0 Å². The molecule has 1 aromatic carbocycles. The lowest BCUT2D eigenvalue weighted by molar-refractivity contribution is -0.126. The second-order valence-electron chi connectivity index (χ2n) is 8.59. The average Bonchev–Trinajstić information content (AvgIpc) is 2.74. The third kappa shape index (κ3) is 5.18. The molecule has 1 heterocycles. The number of carbonyl (C=O) groups is 1. The predicted octanol–water partition coefficient (Wildman–Crippen LogP) is 4.43. The summed E-state index contributed by atoms with van der Waals surface area (Å²) in [7, 11) is -3.54. The Bertz CT molecular complexity index is 1000. The van der Waals surface area contributed by atoms with Gasteiger partial charge in [0, 0.05) is 19.0 Å². The zero-order valence-electron chi connectivity index (χ0n) is 18.9. The van der Waals surface area contributed by atoms with Crippen molar-refractivity contribution in [1.29, 1.82) is 0 Å². The number of rotatable bonds is 6. The Morgan fingerprint density at radius 2 is 1.90 bits per heavy atom. The van der Waals surface area contributed by atoms with Gasteiger partial charge in [-0.1, -0.05) is 42.5 Å². The molecule has 3 rings (SSSR count). The van der Waals surface area contributed by atoms with E-state index in [9.17, 15) is 13.2 Å². The highest BCUT2D eigenvalue weighted by atomic mass is 32.2. The minimum Gasteiger partial charge on any atom is -0.349 e. The summed E-state index contributed by atoms with van der Waals surface area (Å²) in [5.74, 6) is -0.132. The molecule has 31 heavy (non-hydrogen) atoms. The lowest BCUT2D eigenvalue weighted by Gasteiger charge is -2.33. The third-order valence-electron chi connectivity index (χ3n) is 6.37. The van der Waals surface area contributed by atoms with Gasteiger partial charge in [-0.2, -0.15) is 4.31 Å². The monoisotopic (exact) mass is 442 g/mol. The molecule has 1 aromatic rings. The molecule has 0 bridgehead atoms. The van der Waals surface area contributed by atoms with Crippen molar-refractivity contribution in [3.05, 3.63) is 65.3 Å². The van der Waals surface area contributed by atoms with Crippen LogP contribution in [0.3, 0.4) is 0 Å². The van der Waals surface area contributed by atoms with Gasteiger partial charge in [-0.25, -0.2) is 8.42 Å². The SMILES string of the molecule is C=CC1=C(C=CC)C(NC(=O)C2CCN(S(=O)(=O)c3ccc(C)cc3C)CC2)CCC1. The van der Waals surface area contributed by atoms with Crippen LogP contribution in [0.15, 0.2) is 59.0 Å². The number of benzene rings is 1. The van der Waals surface area contributed by atoms with Gasteiger partial charge < -0.3 is 5.32 Å². The molecule has 1 N–H and O–H groups in total. The first kappa shape index (κ1) is 23.5. The highest BCUT2D eigenvalue weighted by Gasteiger charge is 2.34. The van der Waals surface area contributed by atoms with Crippen LogP contribution in [0, 0.1) is 19.8 Å². The minimum absolute atomic E-state index is 0.00224. The van der Waals surface area contributed by atoms with Crippen LogP contribution in [0.5, 0.6) is 0 Å². The Labute approximate surface area is 187 Å². The number of hydrogen-bond donors (Lipinski definition) is 1. The first-order valence-corrected chi connectivity index (χ1v) is 12.6. The smallest absolute Gasteiger partial charge is 0.243 e. The van der Waals surface area contributed by atoms with Crippen molar-refractivity contribution in [2.45, 2.75) is 63.8 Å². The van der Waals surface area contributed by atoms with E-state index in [4.69, 9.17) is 0 Å². The molecule has 1 aliphatic heterocycles. The van der Waals surface area contributed by atoms with Crippen LogP contribution in [0.2, 0.25) is 0 Å². The van der Waals surface area contributed by atoms with Gasteiger partial charge >= 0.3 is 0 Å². The molecule has 0 saturated carbocycles. The fourth-order valence-electron chi connectivity index (χ4n) is 4.67. The van der Waals surface area contributed by atoms with Gasteiger partial charge in [0.05, 0.1) is 10.9 Å². The standard InChI is InChI=1S/C25H34N2O3S/c1-5-8-22-20(6-2)9-7-10-23(22)26-25(28)21-13-15-27(16-14-21)31(29,30)24-12-11-18(3)17-19(24)4/h5-6,8,11-12,17,21,23H,2,7,9-10,13-16H2,1,3-4H3,(H,26,28). The predicted molar refractivity (Wildman–Crippen MR) is 125 cm³/mol. The van der Waals surface area contributed by atoms with E-state index in [0.717, 1.165) is 36.0 Å². The van der Waals surface area contributed by atoms with Crippen LogP contribution < -0.4 is 5.32 Å². The summed E-state index contributed by atoms with van der Waals surface area (Å²) in [5.41, 5.74) is 4.15. The van der Waals surface area contributed by atoms with Crippen molar-refractivity contribution in [3.8, 4) is 0 Å². The number of piperidine rings is 1. The van der Waals surface area contributed by atoms with Crippen molar-refractivity contribution in [1.82, 2.24) is 9.62 Å². The number of sulfonamides is 1. The van der Waals surface area contributed by atoms with Crippen molar-refractivity contribution in [2.24, 2.45) is 5.92 Å². The normalized spacial score (nSPS) is 21.5. The molecule has 1 amide bonds. The first-order chi connectivity index (χ1) is 14.8. The summed E-state index contributed by atoms with van der Waals surface area (Å²) in [6, 6.07) is 5.42. The summed E-state index contributed by atoms with van der Waals surface area (Å²) in [6.45, 7) is 10.4. The Kier molecular flexibility index (Phi) is 7.55. The van der Waals surface area contributed by atoms with Gasteiger partial charge in [0.1, 0.15) is 0 Å². The fourth-order valence-corrected chi connectivity index (χ4v) is 6.34. The zero-order chi connectivity index (χ0) is 22.6. The van der Waals surface area contributed by atoms with Crippen LogP contribution in [0.1, 0.15) is 50.2 Å². The van der Waals surface area contributed by atoms with E-state index in [2.05, 4.69) is 18.0 Å². The molecule has 2 aliphatic rings. The van der Waals surface area contributed by atoms with Gasteiger partial charge in [0.25, 0.3) is 0 Å². The van der Waals surface area contributed by atoms with E-state index >= 15 is 0 Å². The molecular formula is C25H34N2O3S. The topological polar surface area (TPSA) is 66.5 Å². The average molecular weight is 443 g/mol. The van der Waals surface area contributed by atoms with E-state index < -0.39 is 10.0 Å². The van der Waals surface area contributed by atoms with Crippen molar-refractivity contribution in [3.63, 3.8) is 0 Å². The molecule has 5 nitrogen and oxygen atoms in total. The van der Waals surface area contributed by atoms with Gasteiger partial charge in [0.15, 0.2) is 0 Å². The van der Waals surface area contributed by atoms with Crippen LogP contribution >= 0.6 is 0 Å². The molecule has 1 atom stereocenters. The summed E-state index contributed by atoms with van der Waals surface area (Å²) in [4.78, 5) is 13.3. The number of allylic oxidation sites excluding steroid dienone is 3. The molecule has 1 unspecified atom stereocenters. The second kappa shape index (κ2) is 9.96. The summed E-state index contributed by atoms with van der Waals surface area (Å²) < 4.78 is 27.7. The van der Waals surface area contributed by atoms with Gasteiger partial charge in [0.2, 0.25) is 15.9 Å². The van der Waals surface area contributed by atoms with Crippen LogP contribution in [0.25, 0.3) is 0 Å². The number of amides is 1. The molecule has 0 aromatic heterocycles. The van der Waals surface area contributed by atoms with Gasteiger partial charge in [-0.05, 0) is 75.7 Å². The summed E-state index contributed by atoms with van der Waals surface area (Å²) in [6.07, 6.45) is 9.98. The molecular weight excluding hydrogens is 408 g/mol. The number of nitrogens with one attached hydrogen (secondary N) is 1.